The highest BCUT2D eigenvalue weighted by atomic mass is 16.5. The maximum absolute atomic E-state index is 12.1. The Kier molecular flexibility index (Phi) is 3.15. The van der Waals surface area contributed by atoms with Crippen molar-refractivity contribution in [1.82, 2.24) is 14.6 Å². The molecule has 0 atom stereocenters. The monoisotopic (exact) mass is 251 g/mol. The van der Waals surface area contributed by atoms with Gasteiger partial charge in [-0.15, -0.1) is 0 Å². The SMILES string of the molecule is COCc1cc2nc(C)c(CC(=O)O)c(=O)n2[nH]1. The third kappa shape index (κ3) is 2.12. The third-order valence-electron chi connectivity index (χ3n) is 2.60. The first-order chi connectivity index (χ1) is 8.52. The van der Waals surface area contributed by atoms with Crippen molar-refractivity contribution >= 4 is 11.6 Å². The molecule has 7 heteroatoms. The van der Waals surface area contributed by atoms with Crippen LogP contribution in [0.15, 0.2) is 10.9 Å². The molecule has 0 aliphatic heterocycles. The fourth-order valence-corrected chi connectivity index (χ4v) is 1.80. The second-order valence-electron chi connectivity index (χ2n) is 3.96. The van der Waals surface area contributed by atoms with E-state index in [0.717, 1.165) is 0 Å². The number of hydrogen-bond donors (Lipinski definition) is 2. The Bertz CT molecular complexity index is 656. The molecule has 0 fully saturated rings. The lowest BCUT2D eigenvalue weighted by Gasteiger charge is -2.02. The van der Waals surface area contributed by atoms with E-state index in [-0.39, 0.29) is 17.5 Å². The molecule has 0 aliphatic rings. The molecule has 2 rings (SSSR count). The molecule has 0 spiro atoms. The molecule has 0 saturated carbocycles. The molecule has 0 saturated heterocycles. The van der Waals surface area contributed by atoms with Crippen LogP contribution in [0.5, 0.6) is 0 Å². The van der Waals surface area contributed by atoms with Crippen LogP contribution in [0.1, 0.15) is 17.0 Å². The quantitative estimate of drug-likeness (QED) is 0.803. The number of rotatable bonds is 4. The number of carboxylic acids is 1. The Hall–Kier alpha value is -2.15. The average molecular weight is 251 g/mol. The number of carboxylic acid groups (broad SMARTS) is 1. The van der Waals surface area contributed by atoms with Crippen molar-refractivity contribution in [2.24, 2.45) is 0 Å². The molecule has 2 aromatic rings. The Morgan fingerprint density at radius 1 is 1.61 bits per heavy atom. The Balaban J connectivity index is 2.61. The summed E-state index contributed by atoms with van der Waals surface area (Å²) in [6, 6.07) is 1.70. The lowest BCUT2D eigenvalue weighted by molar-refractivity contribution is -0.136. The zero-order valence-corrected chi connectivity index (χ0v) is 10.1. The van der Waals surface area contributed by atoms with Gasteiger partial charge < -0.3 is 9.84 Å². The Labute approximate surface area is 102 Å². The van der Waals surface area contributed by atoms with E-state index in [2.05, 4.69) is 10.1 Å². The van der Waals surface area contributed by atoms with E-state index in [1.165, 1.54) is 4.52 Å². The third-order valence-corrected chi connectivity index (χ3v) is 2.60. The molecule has 18 heavy (non-hydrogen) atoms. The molecule has 7 nitrogen and oxygen atoms in total. The second kappa shape index (κ2) is 4.61. The lowest BCUT2D eigenvalue weighted by atomic mass is 10.2. The Morgan fingerprint density at radius 3 is 2.94 bits per heavy atom. The molecule has 2 aromatic heterocycles. The van der Waals surface area contributed by atoms with Crippen molar-refractivity contribution in [2.45, 2.75) is 20.0 Å². The number of hydrogen-bond acceptors (Lipinski definition) is 4. The predicted octanol–water partition coefficient (Wildman–Crippen LogP) is 0.105. The van der Waals surface area contributed by atoms with Gasteiger partial charge in [0, 0.05) is 18.9 Å². The van der Waals surface area contributed by atoms with Crippen molar-refractivity contribution in [1.29, 1.82) is 0 Å². The van der Waals surface area contributed by atoms with Crippen molar-refractivity contribution in [3.8, 4) is 0 Å². The fraction of sp³-hybridized carbons (Fsp3) is 0.364. The summed E-state index contributed by atoms with van der Waals surface area (Å²) in [4.78, 5) is 27.0. The zero-order valence-electron chi connectivity index (χ0n) is 10.1. The van der Waals surface area contributed by atoms with Gasteiger partial charge in [0.05, 0.1) is 24.3 Å². The number of ether oxygens (including phenoxy) is 1. The lowest BCUT2D eigenvalue weighted by Crippen LogP contribution is -2.24. The molecule has 96 valence electrons. The van der Waals surface area contributed by atoms with Gasteiger partial charge >= 0.3 is 5.97 Å². The van der Waals surface area contributed by atoms with Crippen LogP contribution in [0.3, 0.4) is 0 Å². The minimum Gasteiger partial charge on any atom is -0.481 e. The van der Waals surface area contributed by atoms with Crippen molar-refractivity contribution < 1.29 is 14.6 Å². The van der Waals surface area contributed by atoms with Crippen LogP contribution >= 0.6 is 0 Å². The minimum atomic E-state index is -1.05. The van der Waals surface area contributed by atoms with Gasteiger partial charge in [-0.3, -0.25) is 14.7 Å². The number of H-pyrrole nitrogens is 1. The van der Waals surface area contributed by atoms with Gasteiger partial charge in [-0.25, -0.2) is 9.50 Å². The maximum atomic E-state index is 12.1. The minimum absolute atomic E-state index is 0.186. The number of aromatic nitrogens is 3. The topological polar surface area (TPSA) is 96.7 Å². The van der Waals surface area contributed by atoms with Gasteiger partial charge in [-0.2, -0.15) is 0 Å². The summed E-state index contributed by atoms with van der Waals surface area (Å²) in [5.74, 6) is -1.05. The van der Waals surface area contributed by atoms with Crippen LogP contribution in [0.25, 0.3) is 5.65 Å². The summed E-state index contributed by atoms with van der Waals surface area (Å²) in [5.41, 5.74) is 1.39. The highest BCUT2D eigenvalue weighted by molar-refractivity contribution is 5.70. The van der Waals surface area contributed by atoms with Crippen LogP contribution in [0.4, 0.5) is 0 Å². The van der Waals surface area contributed by atoms with E-state index in [1.807, 2.05) is 0 Å². The number of carbonyl (C=O) groups is 1. The highest BCUT2D eigenvalue weighted by Crippen LogP contribution is 2.07. The molecule has 0 unspecified atom stereocenters. The van der Waals surface area contributed by atoms with Gasteiger partial charge in [0.2, 0.25) is 0 Å². The normalized spacial score (nSPS) is 11.0. The number of aromatic amines is 1. The molecule has 0 radical (unpaired) electrons. The van der Waals surface area contributed by atoms with Crippen LogP contribution < -0.4 is 5.56 Å². The average Bonchev–Trinajstić information content (AvgIpc) is 2.67. The molecule has 0 aromatic carbocycles. The first kappa shape index (κ1) is 12.3. The van der Waals surface area contributed by atoms with Crippen molar-refractivity contribution in [3.05, 3.63) is 33.4 Å². The molecule has 0 amide bonds. The smallest absolute Gasteiger partial charge is 0.308 e. The van der Waals surface area contributed by atoms with Crippen LogP contribution in [0, 0.1) is 6.92 Å². The van der Waals surface area contributed by atoms with Gasteiger partial charge in [0.1, 0.15) is 0 Å². The van der Waals surface area contributed by atoms with E-state index in [9.17, 15) is 9.59 Å². The molecule has 0 bridgehead atoms. The van der Waals surface area contributed by atoms with Crippen LogP contribution in [0.2, 0.25) is 0 Å². The first-order valence-corrected chi connectivity index (χ1v) is 5.33. The number of aryl methyl sites for hydroxylation is 1. The van der Waals surface area contributed by atoms with E-state index >= 15 is 0 Å². The number of nitrogens with zero attached hydrogens (tertiary/aromatic N) is 2. The van der Waals surface area contributed by atoms with E-state index in [1.54, 1.807) is 20.1 Å². The summed E-state index contributed by atoms with van der Waals surface area (Å²) in [6.45, 7) is 1.96. The molecular weight excluding hydrogens is 238 g/mol. The highest BCUT2D eigenvalue weighted by Gasteiger charge is 2.14. The molecule has 2 N–H and O–H groups in total. The van der Waals surface area contributed by atoms with Gasteiger partial charge in [0.25, 0.3) is 5.56 Å². The summed E-state index contributed by atoms with van der Waals surface area (Å²) in [7, 11) is 1.54. The number of aliphatic carboxylic acids is 1. The molecule has 0 aliphatic carbocycles. The summed E-state index contributed by atoms with van der Waals surface area (Å²) < 4.78 is 6.19. The van der Waals surface area contributed by atoms with E-state index in [0.29, 0.717) is 23.6 Å². The number of fused-ring (bicyclic) bond motifs is 1. The van der Waals surface area contributed by atoms with Crippen LogP contribution in [-0.2, 0) is 22.6 Å². The first-order valence-electron chi connectivity index (χ1n) is 5.33. The van der Waals surface area contributed by atoms with Crippen LogP contribution in [-0.4, -0.2) is 32.8 Å². The summed E-state index contributed by atoms with van der Waals surface area (Å²) in [5, 5.41) is 11.6. The Morgan fingerprint density at radius 2 is 2.33 bits per heavy atom. The molecular formula is C11H13N3O4. The van der Waals surface area contributed by atoms with Gasteiger partial charge in [0.15, 0.2) is 5.65 Å². The van der Waals surface area contributed by atoms with E-state index in [4.69, 9.17) is 9.84 Å². The van der Waals surface area contributed by atoms with E-state index < -0.39 is 5.97 Å². The van der Waals surface area contributed by atoms with Gasteiger partial charge in [-0.1, -0.05) is 0 Å². The largest absolute Gasteiger partial charge is 0.481 e. The standard InChI is InChI=1S/C11H13N3O4/c1-6-8(4-10(15)16)11(17)14-9(12-6)3-7(13-14)5-18-2/h3,13H,4-5H2,1-2H3,(H,15,16). The predicted molar refractivity (Wildman–Crippen MR) is 62.6 cm³/mol. The van der Waals surface area contributed by atoms with Gasteiger partial charge in [-0.05, 0) is 6.92 Å². The summed E-state index contributed by atoms with van der Waals surface area (Å²) in [6.07, 6.45) is -0.334. The second-order valence-corrected chi connectivity index (χ2v) is 3.96. The maximum Gasteiger partial charge on any atom is 0.308 e. The zero-order chi connectivity index (χ0) is 13.3. The van der Waals surface area contributed by atoms with Crippen molar-refractivity contribution in [2.75, 3.05) is 7.11 Å². The fourth-order valence-electron chi connectivity index (χ4n) is 1.80. The molecule has 2 heterocycles. The number of methoxy groups -OCH3 is 1. The van der Waals surface area contributed by atoms with Crippen molar-refractivity contribution in [3.63, 3.8) is 0 Å². The number of nitrogens with one attached hydrogen (secondary N) is 1. The summed E-state index contributed by atoms with van der Waals surface area (Å²) >= 11 is 0.